The Balaban J connectivity index is 2.51. The summed E-state index contributed by atoms with van der Waals surface area (Å²) in [5.41, 5.74) is 7.20. The van der Waals surface area contributed by atoms with Crippen LogP contribution in [0.2, 0.25) is 0 Å². The first-order chi connectivity index (χ1) is 9.52. The molecule has 0 saturated carbocycles. The lowest BCUT2D eigenvalue weighted by molar-refractivity contribution is 0.627. The van der Waals surface area contributed by atoms with Gasteiger partial charge < -0.3 is 10.6 Å². The van der Waals surface area contributed by atoms with Gasteiger partial charge in [0.05, 0.1) is 5.69 Å². The van der Waals surface area contributed by atoms with E-state index in [0.717, 1.165) is 5.69 Å². The lowest BCUT2D eigenvalue weighted by atomic mass is 10.1. The fourth-order valence-corrected chi connectivity index (χ4v) is 2.07. The molecule has 3 nitrogen and oxygen atoms in total. The van der Waals surface area contributed by atoms with Gasteiger partial charge in [0.25, 0.3) is 0 Å². The molecule has 0 fully saturated rings. The highest BCUT2D eigenvalue weighted by Gasteiger charge is 2.14. The number of rotatable bonds is 4. The Kier molecular flexibility index (Phi) is 3.98. The third kappa shape index (κ3) is 2.77. The van der Waals surface area contributed by atoms with Crippen LogP contribution < -0.4 is 10.6 Å². The van der Waals surface area contributed by atoms with Gasteiger partial charge in [0.15, 0.2) is 0 Å². The lowest BCUT2D eigenvalue weighted by Gasteiger charge is -2.25. The first kappa shape index (κ1) is 14.0. The van der Waals surface area contributed by atoms with Gasteiger partial charge in [0.1, 0.15) is 17.5 Å². The van der Waals surface area contributed by atoms with Crippen molar-refractivity contribution in [1.29, 1.82) is 5.41 Å². The Morgan fingerprint density at radius 2 is 1.70 bits per heavy atom. The molecule has 5 heteroatoms. The Hall–Kier alpha value is -2.43. The molecule has 0 aliphatic heterocycles. The van der Waals surface area contributed by atoms with Crippen LogP contribution in [0.3, 0.4) is 0 Å². The summed E-state index contributed by atoms with van der Waals surface area (Å²) in [5.74, 6) is -0.982. The molecule has 0 aromatic heterocycles. The fraction of sp³-hybridized carbons (Fsp3) is 0.133. The predicted octanol–water partition coefficient (Wildman–Crippen LogP) is 3.41. The van der Waals surface area contributed by atoms with Crippen molar-refractivity contribution in [1.82, 2.24) is 0 Å². The molecular weight excluding hydrogens is 260 g/mol. The van der Waals surface area contributed by atoms with Gasteiger partial charge in [-0.05, 0) is 49.4 Å². The summed E-state index contributed by atoms with van der Waals surface area (Å²) in [7, 11) is 0. The number of hydrogen-bond donors (Lipinski definition) is 2. The van der Waals surface area contributed by atoms with E-state index in [4.69, 9.17) is 11.1 Å². The number of hydrogen-bond acceptors (Lipinski definition) is 2. The zero-order valence-corrected chi connectivity index (χ0v) is 11.0. The second kappa shape index (κ2) is 5.69. The molecule has 0 aliphatic rings. The SMILES string of the molecule is CCN(c1ccc(F)cc1)c1ccc(F)cc1C(=N)N. The number of benzene rings is 2. The Labute approximate surface area is 116 Å². The summed E-state index contributed by atoms with van der Waals surface area (Å²) >= 11 is 0. The molecule has 0 spiro atoms. The first-order valence-electron chi connectivity index (χ1n) is 6.20. The quantitative estimate of drug-likeness (QED) is 0.663. The van der Waals surface area contributed by atoms with Crippen LogP contribution in [0.1, 0.15) is 12.5 Å². The molecule has 0 atom stereocenters. The zero-order chi connectivity index (χ0) is 14.7. The van der Waals surface area contributed by atoms with Crippen LogP contribution >= 0.6 is 0 Å². The molecule has 2 rings (SSSR count). The maximum absolute atomic E-state index is 13.3. The smallest absolute Gasteiger partial charge is 0.125 e. The monoisotopic (exact) mass is 275 g/mol. The van der Waals surface area contributed by atoms with Crippen LogP contribution in [-0.2, 0) is 0 Å². The highest BCUT2D eigenvalue weighted by atomic mass is 19.1. The summed E-state index contributed by atoms with van der Waals surface area (Å²) in [5, 5.41) is 7.56. The number of anilines is 2. The van der Waals surface area contributed by atoms with Crippen LogP contribution in [0.15, 0.2) is 42.5 Å². The van der Waals surface area contributed by atoms with Gasteiger partial charge in [-0.1, -0.05) is 0 Å². The molecule has 20 heavy (non-hydrogen) atoms. The van der Waals surface area contributed by atoms with Crippen molar-refractivity contribution >= 4 is 17.2 Å². The second-order valence-corrected chi connectivity index (χ2v) is 4.30. The van der Waals surface area contributed by atoms with E-state index in [2.05, 4.69) is 0 Å². The van der Waals surface area contributed by atoms with Crippen molar-refractivity contribution in [2.45, 2.75) is 6.92 Å². The van der Waals surface area contributed by atoms with Crippen LogP contribution in [-0.4, -0.2) is 12.4 Å². The van der Waals surface area contributed by atoms with Gasteiger partial charge in [-0.3, -0.25) is 5.41 Å². The minimum Gasteiger partial charge on any atom is -0.384 e. The molecule has 0 heterocycles. The normalized spacial score (nSPS) is 10.3. The number of nitrogens with two attached hydrogens (primary N) is 1. The minimum atomic E-state index is -0.450. The third-order valence-corrected chi connectivity index (χ3v) is 2.99. The van der Waals surface area contributed by atoms with Gasteiger partial charge in [-0.2, -0.15) is 0 Å². The van der Waals surface area contributed by atoms with Crippen LogP contribution in [0, 0.1) is 17.0 Å². The molecule has 2 aromatic rings. The standard InChI is InChI=1S/C15H15F2N3/c1-2-20(12-6-3-10(16)4-7-12)14-8-5-11(17)9-13(14)15(18)19/h3-9H,2H2,1H3,(H3,18,19). The lowest BCUT2D eigenvalue weighted by Crippen LogP contribution is -2.22. The fourth-order valence-electron chi connectivity index (χ4n) is 2.07. The molecule has 0 aliphatic carbocycles. The molecule has 3 N–H and O–H groups in total. The molecule has 0 unspecified atom stereocenters. The molecule has 104 valence electrons. The summed E-state index contributed by atoms with van der Waals surface area (Å²) in [6.07, 6.45) is 0. The predicted molar refractivity (Wildman–Crippen MR) is 76.5 cm³/mol. The van der Waals surface area contributed by atoms with E-state index in [1.165, 1.54) is 24.3 Å². The maximum Gasteiger partial charge on any atom is 0.125 e. The van der Waals surface area contributed by atoms with Crippen LogP contribution in [0.5, 0.6) is 0 Å². The minimum absolute atomic E-state index is 0.208. The number of halogens is 2. The van der Waals surface area contributed by atoms with Gasteiger partial charge in [-0.15, -0.1) is 0 Å². The van der Waals surface area contributed by atoms with E-state index in [-0.39, 0.29) is 11.7 Å². The average Bonchev–Trinajstić information content (AvgIpc) is 2.43. The zero-order valence-electron chi connectivity index (χ0n) is 11.0. The molecule has 0 bridgehead atoms. The molecule has 0 radical (unpaired) electrons. The van der Waals surface area contributed by atoms with Crippen molar-refractivity contribution in [3.63, 3.8) is 0 Å². The van der Waals surface area contributed by atoms with Gasteiger partial charge >= 0.3 is 0 Å². The molecular formula is C15H15F2N3. The average molecular weight is 275 g/mol. The van der Waals surface area contributed by atoms with E-state index >= 15 is 0 Å². The van der Waals surface area contributed by atoms with Gasteiger partial charge in [0.2, 0.25) is 0 Å². The number of nitrogens with one attached hydrogen (secondary N) is 1. The summed E-state index contributed by atoms with van der Waals surface area (Å²) in [6.45, 7) is 2.49. The Morgan fingerprint density at radius 3 is 2.25 bits per heavy atom. The van der Waals surface area contributed by atoms with E-state index in [1.54, 1.807) is 18.2 Å². The van der Waals surface area contributed by atoms with Gasteiger partial charge in [0, 0.05) is 17.8 Å². The van der Waals surface area contributed by atoms with Crippen molar-refractivity contribution in [2.75, 3.05) is 11.4 Å². The Bertz CT molecular complexity index is 624. The topological polar surface area (TPSA) is 53.1 Å². The van der Waals surface area contributed by atoms with E-state index in [9.17, 15) is 8.78 Å². The van der Waals surface area contributed by atoms with Crippen LogP contribution in [0.4, 0.5) is 20.2 Å². The second-order valence-electron chi connectivity index (χ2n) is 4.30. The van der Waals surface area contributed by atoms with Gasteiger partial charge in [-0.25, -0.2) is 8.78 Å². The van der Waals surface area contributed by atoms with Crippen molar-refractivity contribution in [2.24, 2.45) is 5.73 Å². The summed E-state index contributed by atoms with van der Waals surface area (Å²) < 4.78 is 26.3. The van der Waals surface area contributed by atoms with Crippen molar-refractivity contribution < 1.29 is 8.78 Å². The van der Waals surface area contributed by atoms with Crippen molar-refractivity contribution in [3.8, 4) is 0 Å². The van der Waals surface area contributed by atoms with E-state index < -0.39 is 5.82 Å². The first-order valence-corrected chi connectivity index (χ1v) is 6.20. The molecule has 2 aromatic carbocycles. The molecule has 0 saturated heterocycles. The maximum atomic E-state index is 13.3. The summed E-state index contributed by atoms with van der Waals surface area (Å²) in [6, 6.07) is 10.1. The third-order valence-electron chi connectivity index (χ3n) is 2.99. The largest absolute Gasteiger partial charge is 0.384 e. The van der Waals surface area contributed by atoms with Crippen LogP contribution in [0.25, 0.3) is 0 Å². The number of nitrogen functional groups attached to an aromatic ring is 1. The highest BCUT2D eigenvalue weighted by Crippen LogP contribution is 2.29. The Morgan fingerprint density at radius 1 is 1.10 bits per heavy atom. The van der Waals surface area contributed by atoms with Crippen molar-refractivity contribution in [3.05, 3.63) is 59.7 Å². The number of amidine groups is 1. The van der Waals surface area contributed by atoms with E-state index in [0.29, 0.717) is 17.8 Å². The van der Waals surface area contributed by atoms with E-state index in [1.807, 2.05) is 11.8 Å². The summed E-state index contributed by atoms with van der Waals surface area (Å²) in [4.78, 5) is 1.84. The molecule has 0 amide bonds. The number of nitrogens with zero attached hydrogens (tertiary/aromatic N) is 1. The highest BCUT2D eigenvalue weighted by molar-refractivity contribution is 6.01.